The van der Waals surface area contributed by atoms with Gasteiger partial charge in [-0.3, -0.25) is 9.89 Å². The lowest BCUT2D eigenvalue weighted by molar-refractivity contribution is 0.122. The Morgan fingerprint density at radius 3 is 2.31 bits per heavy atom. The molecule has 0 aromatic heterocycles. The molecule has 0 spiro atoms. The third kappa shape index (κ3) is 8.23. The zero-order valence-corrected chi connectivity index (χ0v) is 19.2. The Labute approximate surface area is 177 Å². The van der Waals surface area contributed by atoms with Crippen LogP contribution in [0.5, 0.6) is 5.75 Å². The van der Waals surface area contributed by atoms with E-state index in [0.717, 1.165) is 57.6 Å². The van der Waals surface area contributed by atoms with Crippen LogP contribution in [0.25, 0.3) is 0 Å². The number of benzene rings is 1. The average molecular weight is 404 g/mol. The van der Waals surface area contributed by atoms with E-state index in [9.17, 15) is 0 Å². The number of piperazine rings is 1. The molecular weight excluding hydrogens is 362 g/mol. The minimum absolute atomic E-state index is 0.172. The molecule has 1 aromatic carbocycles. The fraction of sp³-hybridized carbons (Fsp3) is 0.696. The topological polar surface area (TPSA) is 52.1 Å². The SMILES string of the molecule is CCNC(=NCC(C)N1CCN(C)CC1)NC(C)c1ccc(OCC(C)C)cc1. The highest BCUT2D eigenvalue weighted by Gasteiger charge is 2.19. The fourth-order valence-corrected chi connectivity index (χ4v) is 3.33. The summed E-state index contributed by atoms with van der Waals surface area (Å²) in [7, 11) is 2.19. The van der Waals surface area contributed by atoms with Crippen molar-refractivity contribution in [3.63, 3.8) is 0 Å². The maximum Gasteiger partial charge on any atom is 0.191 e. The van der Waals surface area contributed by atoms with E-state index in [-0.39, 0.29) is 6.04 Å². The van der Waals surface area contributed by atoms with Crippen LogP contribution in [0.2, 0.25) is 0 Å². The van der Waals surface area contributed by atoms with Crippen molar-refractivity contribution < 1.29 is 4.74 Å². The van der Waals surface area contributed by atoms with Crippen LogP contribution in [0.15, 0.2) is 29.3 Å². The molecule has 0 saturated carbocycles. The lowest BCUT2D eigenvalue weighted by Crippen LogP contribution is -2.49. The van der Waals surface area contributed by atoms with Crippen LogP contribution < -0.4 is 15.4 Å². The van der Waals surface area contributed by atoms with Gasteiger partial charge in [-0.1, -0.05) is 26.0 Å². The van der Waals surface area contributed by atoms with Gasteiger partial charge in [0, 0.05) is 38.8 Å². The van der Waals surface area contributed by atoms with Crippen molar-refractivity contribution >= 4 is 5.96 Å². The van der Waals surface area contributed by atoms with Crippen molar-refractivity contribution in [2.75, 3.05) is 52.9 Å². The van der Waals surface area contributed by atoms with E-state index in [2.05, 4.69) is 86.4 Å². The number of rotatable bonds is 9. The Balaban J connectivity index is 1.90. The van der Waals surface area contributed by atoms with Gasteiger partial charge in [-0.2, -0.15) is 0 Å². The second-order valence-electron chi connectivity index (χ2n) is 8.55. The molecule has 0 amide bonds. The van der Waals surface area contributed by atoms with Crippen LogP contribution >= 0.6 is 0 Å². The highest BCUT2D eigenvalue weighted by atomic mass is 16.5. The van der Waals surface area contributed by atoms with Crippen LogP contribution in [0.4, 0.5) is 0 Å². The van der Waals surface area contributed by atoms with Crippen LogP contribution in [-0.2, 0) is 0 Å². The number of hydrogen-bond donors (Lipinski definition) is 2. The predicted octanol–water partition coefficient (Wildman–Crippen LogP) is 2.97. The maximum absolute atomic E-state index is 5.79. The first-order valence-electron chi connectivity index (χ1n) is 11.1. The van der Waals surface area contributed by atoms with Gasteiger partial charge in [0.2, 0.25) is 0 Å². The molecule has 29 heavy (non-hydrogen) atoms. The normalized spacial score (nSPS) is 18.5. The second-order valence-corrected chi connectivity index (χ2v) is 8.55. The molecule has 0 radical (unpaired) electrons. The molecule has 1 aliphatic rings. The smallest absolute Gasteiger partial charge is 0.191 e. The molecule has 1 fully saturated rings. The van der Waals surface area contributed by atoms with E-state index in [4.69, 9.17) is 9.73 Å². The van der Waals surface area contributed by atoms with E-state index in [0.29, 0.717) is 12.0 Å². The molecule has 2 N–H and O–H groups in total. The third-order valence-corrected chi connectivity index (χ3v) is 5.34. The van der Waals surface area contributed by atoms with E-state index < -0.39 is 0 Å². The number of hydrogen-bond acceptors (Lipinski definition) is 4. The Kier molecular flexibility index (Phi) is 9.74. The number of nitrogens with one attached hydrogen (secondary N) is 2. The summed E-state index contributed by atoms with van der Waals surface area (Å²) in [6.45, 7) is 17.8. The monoisotopic (exact) mass is 403 g/mol. The molecule has 1 aromatic rings. The zero-order valence-electron chi connectivity index (χ0n) is 19.2. The van der Waals surface area contributed by atoms with Gasteiger partial charge in [-0.25, -0.2) is 0 Å². The quantitative estimate of drug-likeness (QED) is 0.490. The molecule has 6 heteroatoms. The lowest BCUT2D eigenvalue weighted by Gasteiger charge is -2.36. The summed E-state index contributed by atoms with van der Waals surface area (Å²) in [6, 6.07) is 8.98. The Bertz CT molecular complexity index is 608. The van der Waals surface area contributed by atoms with Crippen LogP contribution in [0.3, 0.4) is 0 Å². The summed E-state index contributed by atoms with van der Waals surface area (Å²) in [5, 5.41) is 6.92. The molecule has 1 saturated heterocycles. The molecule has 2 unspecified atom stereocenters. The molecule has 6 nitrogen and oxygen atoms in total. The van der Waals surface area contributed by atoms with Crippen LogP contribution in [0, 0.1) is 5.92 Å². The first kappa shape index (κ1) is 23.5. The van der Waals surface area contributed by atoms with Gasteiger partial charge in [0.15, 0.2) is 5.96 Å². The summed E-state index contributed by atoms with van der Waals surface area (Å²) in [4.78, 5) is 9.78. The standard InChI is InChI=1S/C23H41N5O/c1-7-24-23(25-16-19(4)28-14-12-27(6)13-15-28)26-20(5)21-8-10-22(11-9-21)29-17-18(2)3/h8-11,18-20H,7,12-17H2,1-6H3,(H2,24,25,26). The summed E-state index contributed by atoms with van der Waals surface area (Å²) in [5.74, 6) is 2.33. The van der Waals surface area contributed by atoms with Crippen LogP contribution in [0.1, 0.15) is 46.2 Å². The number of likely N-dealkylation sites (N-methyl/N-ethyl adjacent to an activating group) is 1. The molecule has 0 bridgehead atoms. The van der Waals surface area contributed by atoms with Gasteiger partial charge in [-0.15, -0.1) is 0 Å². The van der Waals surface area contributed by atoms with Crippen molar-refractivity contribution in [1.29, 1.82) is 0 Å². The third-order valence-electron chi connectivity index (χ3n) is 5.34. The maximum atomic E-state index is 5.79. The second kappa shape index (κ2) is 12.0. The van der Waals surface area contributed by atoms with Gasteiger partial charge in [-0.05, 0) is 51.4 Å². The zero-order chi connectivity index (χ0) is 21.2. The van der Waals surface area contributed by atoms with E-state index >= 15 is 0 Å². The molecular formula is C23H41N5O. The number of aliphatic imine (C=N–C) groups is 1. The first-order valence-corrected chi connectivity index (χ1v) is 11.1. The highest BCUT2D eigenvalue weighted by molar-refractivity contribution is 5.80. The predicted molar refractivity (Wildman–Crippen MR) is 123 cm³/mol. The molecule has 1 aliphatic heterocycles. The number of guanidine groups is 1. The number of nitrogens with zero attached hydrogens (tertiary/aromatic N) is 3. The van der Waals surface area contributed by atoms with Crippen molar-refractivity contribution in [3.05, 3.63) is 29.8 Å². The summed E-state index contributed by atoms with van der Waals surface area (Å²) >= 11 is 0. The minimum atomic E-state index is 0.172. The van der Waals surface area contributed by atoms with Gasteiger partial charge in [0.1, 0.15) is 5.75 Å². The molecule has 1 heterocycles. The van der Waals surface area contributed by atoms with Crippen molar-refractivity contribution in [2.24, 2.45) is 10.9 Å². The van der Waals surface area contributed by atoms with Gasteiger partial charge < -0.3 is 20.3 Å². The molecule has 2 atom stereocenters. The summed E-state index contributed by atoms with van der Waals surface area (Å²) < 4.78 is 5.79. The van der Waals surface area contributed by atoms with Gasteiger partial charge >= 0.3 is 0 Å². The molecule has 2 rings (SSSR count). The minimum Gasteiger partial charge on any atom is -0.493 e. The Morgan fingerprint density at radius 1 is 1.07 bits per heavy atom. The van der Waals surface area contributed by atoms with E-state index in [1.165, 1.54) is 5.56 Å². The van der Waals surface area contributed by atoms with Crippen molar-refractivity contribution in [3.8, 4) is 5.75 Å². The number of ether oxygens (including phenoxy) is 1. The molecule has 164 valence electrons. The van der Waals surface area contributed by atoms with E-state index in [1.807, 2.05) is 0 Å². The lowest BCUT2D eigenvalue weighted by atomic mass is 10.1. The largest absolute Gasteiger partial charge is 0.493 e. The van der Waals surface area contributed by atoms with Crippen molar-refractivity contribution in [1.82, 2.24) is 20.4 Å². The first-order chi connectivity index (χ1) is 13.9. The molecule has 0 aliphatic carbocycles. The fourth-order valence-electron chi connectivity index (χ4n) is 3.33. The van der Waals surface area contributed by atoms with E-state index in [1.54, 1.807) is 0 Å². The van der Waals surface area contributed by atoms with Crippen LogP contribution in [-0.4, -0.2) is 74.7 Å². The van der Waals surface area contributed by atoms with Gasteiger partial charge in [0.25, 0.3) is 0 Å². The summed E-state index contributed by atoms with van der Waals surface area (Å²) in [5.41, 5.74) is 1.22. The summed E-state index contributed by atoms with van der Waals surface area (Å²) in [6.07, 6.45) is 0. The highest BCUT2D eigenvalue weighted by Crippen LogP contribution is 2.18. The Hall–Kier alpha value is -1.79. The van der Waals surface area contributed by atoms with Crippen molar-refractivity contribution in [2.45, 2.75) is 46.7 Å². The van der Waals surface area contributed by atoms with Gasteiger partial charge in [0.05, 0.1) is 19.2 Å². The average Bonchev–Trinajstić information content (AvgIpc) is 2.71. The Morgan fingerprint density at radius 2 is 1.72 bits per heavy atom.